The molecule has 2 amide bonds. The van der Waals surface area contributed by atoms with Gasteiger partial charge in [0.25, 0.3) is 0 Å². The number of rotatable bonds is 3. The Labute approximate surface area is 119 Å². The number of hydrogen-bond donors (Lipinski definition) is 2. The standard InChI is InChI=1S/C14H24N2O4/c1-9(17)16-7-5-6-10(8-16)12(18)15-11(13(19)20)14(2,3)4/h10-11H,5-8H2,1-4H3,(H,15,18)(H,19,20)/t10?,11-/m1/s1. The van der Waals surface area contributed by atoms with E-state index in [-0.39, 0.29) is 17.7 Å². The lowest BCUT2D eigenvalue weighted by Gasteiger charge is -2.34. The van der Waals surface area contributed by atoms with Gasteiger partial charge in [-0.15, -0.1) is 0 Å². The van der Waals surface area contributed by atoms with Crippen LogP contribution in [0.15, 0.2) is 0 Å². The summed E-state index contributed by atoms with van der Waals surface area (Å²) in [6.07, 6.45) is 1.46. The van der Waals surface area contributed by atoms with Crippen LogP contribution in [0.4, 0.5) is 0 Å². The molecule has 0 bridgehead atoms. The van der Waals surface area contributed by atoms with Gasteiger partial charge >= 0.3 is 5.97 Å². The van der Waals surface area contributed by atoms with Gasteiger partial charge in [0.1, 0.15) is 6.04 Å². The molecule has 1 aliphatic heterocycles. The van der Waals surface area contributed by atoms with Gasteiger partial charge in [-0.2, -0.15) is 0 Å². The Hall–Kier alpha value is -1.59. The third kappa shape index (κ3) is 4.21. The van der Waals surface area contributed by atoms with Gasteiger partial charge < -0.3 is 15.3 Å². The Morgan fingerprint density at radius 3 is 2.35 bits per heavy atom. The number of nitrogens with one attached hydrogen (secondary N) is 1. The fourth-order valence-electron chi connectivity index (χ4n) is 2.39. The third-order valence-corrected chi connectivity index (χ3v) is 3.64. The van der Waals surface area contributed by atoms with Crippen molar-refractivity contribution in [3.63, 3.8) is 0 Å². The van der Waals surface area contributed by atoms with E-state index in [1.54, 1.807) is 25.7 Å². The van der Waals surface area contributed by atoms with E-state index in [1.165, 1.54) is 6.92 Å². The molecule has 0 spiro atoms. The summed E-state index contributed by atoms with van der Waals surface area (Å²) in [6.45, 7) is 7.84. The molecule has 0 saturated carbocycles. The van der Waals surface area contributed by atoms with E-state index in [0.717, 1.165) is 6.42 Å². The zero-order valence-corrected chi connectivity index (χ0v) is 12.6. The molecule has 2 atom stereocenters. The first-order valence-corrected chi connectivity index (χ1v) is 6.91. The van der Waals surface area contributed by atoms with Crippen LogP contribution in [-0.2, 0) is 14.4 Å². The topological polar surface area (TPSA) is 86.7 Å². The van der Waals surface area contributed by atoms with E-state index in [4.69, 9.17) is 0 Å². The monoisotopic (exact) mass is 284 g/mol. The van der Waals surface area contributed by atoms with Gasteiger partial charge in [0.15, 0.2) is 0 Å². The molecular weight excluding hydrogens is 260 g/mol. The lowest BCUT2D eigenvalue weighted by atomic mass is 9.86. The molecule has 1 rings (SSSR count). The van der Waals surface area contributed by atoms with Crippen molar-refractivity contribution in [3.8, 4) is 0 Å². The summed E-state index contributed by atoms with van der Waals surface area (Å²) in [4.78, 5) is 36.5. The molecule has 0 aromatic carbocycles. The molecule has 1 heterocycles. The van der Waals surface area contributed by atoms with Crippen LogP contribution in [-0.4, -0.2) is 46.9 Å². The predicted octanol–water partition coefficient (Wildman–Crippen LogP) is 0.860. The molecule has 0 radical (unpaired) electrons. The number of aliphatic carboxylic acids is 1. The van der Waals surface area contributed by atoms with Gasteiger partial charge in [-0.1, -0.05) is 20.8 Å². The number of amides is 2. The van der Waals surface area contributed by atoms with Gasteiger partial charge in [-0.3, -0.25) is 9.59 Å². The average molecular weight is 284 g/mol. The highest BCUT2D eigenvalue weighted by atomic mass is 16.4. The Morgan fingerprint density at radius 1 is 1.30 bits per heavy atom. The molecule has 0 aromatic heterocycles. The van der Waals surface area contributed by atoms with E-state index in [9.17, 15) is 19.5 Å². The van der Waals surface area contributed by atoms with E-state index >= 15 is 0 Å². The first kappa shape index (κ1) is 16.5. The van der Waals surface area contributed by atoms with Crippen LogP contribution in [0.3, 0.4) is 0 Å². The Bertz CT molecular complexity index is 400. The Morgan fingerprint density at radius 2 is 1.90 bits per heavy atom. The van der Waals surface area contributed by atoms with Gasteiger partial charge in [-0.05, 0) is 18.3 Å². The zero-order valence-electron chi connectivity index (χ0n) is 12.6. The molecule has 1 fully saturated rings. The molecular formula is C14H24N2O4. The van der Waals surface area contributed by atoms with Crippen LogP contribution in [0.2, 0.25) is 0 Å². The van der Waals surface area contributed by atoms with Crippen molar-refractivity contribution in [2.24, 2.45) is 11.3 Å². The summed E-state index contributed by atoms with van der Waals surface area (Å²) < 4.78 is 0. The number of piperidine rings is 1. The predicted molar refractivity (Wildman–Crippen MR) is 74.0 cm³/mol. The fraction of sp³-hybridized carbons (Fsp3) is 0.786. The van der Waals surface area contributed by atoms with Crippen LogP contribution in [0.25, 0.3) is 0 Å². The summed E-state index contributed by atoms with van der Waals surface area (Å²) in [7, 11) is 0. The number of carboxylic acids is 1. The van der Waals surface area contributed by atoms with Crippen LogP contribution in [0.5, 0.6) is 0 Å². The maximum absolute atomic E-state index is 12.2. The molecule has 6 heteroatoms. The second-order valence-corrected chi connectivity index (χ2v) is 6.45. The molecule has 1 aliphatic rings. The highest BCUT2D eigenvalue weighted by molar-refractivity contribution is 5.86. The van der Waals surface area contributed by atoms with E-state index < -0.39 is 17.4 Å². The number of carboxylic acid groups (broad SMARTS) is 1. The number of carbonyl (C=O) groups is 3. The van der Waals surface area contributed by atoms with E-state index in [1.807, 2.05) is 0 Å². The van der Waals surface area contributed by atoms with E-state index in [2.05, 4.69) is 5.32 Å². The SMILES string of the molecule is CC(=O)N1CCCC(C(=O)N[C@H](C(=O)O)C(C)(C)C)C1. The van der Waals surface area contributed by atoms with Crippen molar-refractivity contribution < 1.29 is 19.5 Å². The molecule has 1 unspecified atom stereocenters. The lowest BCUT2D eigenvalue weighted by Crippen LogP contribution is -2.53. The minimum Gasteiger partial charge on any atom is -0.480 e. The molecule has 114 valence electrons. The van der Waals surface area contributed by atoms with Crippen molar-refractivity contribution >= 4 is 17.8 Å². The second-order valence-electron chi connectivity index (χ2n) is 6.45. The maximum Gasteiger partial charge on any atom is 0.326 e. The zero-order chi connectivity index (χ0) is 15.5. The van der Waals surface area contributed by atoms with E-state index in [0.29, 0.717) is 19.5 Å². The number of likely N-dealkylation sites (tertiary alicyclic amines) is 1. The summed E-state index contributed by atoms with van der Waals surface area (Å²) in [5.74, 6) is -1.69. The third-order valence-electron chi connectivity index (χ3n) is 3.64. The van der Waals surface area contributed by atoms with Crippen molar-refractivity contribution in [1.82, 2.24) is 10.2 Å². The van der Waals surface area contributed by atoms with Gasteiger partial charge in [-0.25, -0.2) is 4.79 Å². The first-order chi connectivity index (χ1) is 9.12. The van der Waals surface area contributed by atoms with Crippen molar-refractivity contribution in [2.45, 2.75) is 46.6 Å². The van der Waals surface area contributed by atoms with Crippen molar-refractivity contribution in [1.29, 1.82) is 0 Å². The quantitative estimate of drug-likeness (QED) is 0.804. The maximum atomic E-state index is 12.2. The van der Waals surface area contributed by atoms with Crippen LogP contribution in [0, 0.1) is 11.3 Å². The summed E-state index contributed by atoms with van der Waals surface area (Å²) in [6, 6.07) is -0.928. The highest BCUT2D eigenvalue weighted by Crippen LogP contribution is 2.22. The first-order valence-electron chi connectivity index (χ1n) is 6.91. The summed E-state index contributed by atoms with van der Waals surface area (Å²) in [5, 5.41) is 11.8. The number of nitrogens with zero attached hydrogens (tertiary/aromatic N) is 1. The minimum atomic E-state index is -1.04. The second kappa shape index (κ2) is 6.24. The van der Waals surface area contributed by atoms with Crippen LogP contribution in [0.1, 0.15) is 40.5 Å². The van der Waals surface area contributed by atoms with Crippen molar-refractivity contribution in [3.05, 3.63) is 0 Å². The van der Waals surface area contributed by atoms with Gasteiger partial charge in [0.05, 0.1) is 5.92 Å². The largest absolute Gasteiger partial charge is 0.480 e. The fourth-order valence-corrected chi connectivity index (χ4v) is 2.39. The molecule has 6 nitrogen and oxygen atoms in total. The molecule has 0 aliphatic carbocycles. The van der Waals surface area contributed by atoms with Crippen molar-refractivity contribution in [2.75, 3.05) is 13.1 Å². The Balaban J connectivity index is 2.70. The Kier molecular flexibility index (Phi) is 5.14. The van der Waals surface area contributed by atoms with Gasteiger partial charge in [0, 0.05) is 20.0 Å². The smallest absolute Gasteiger partial charge is 0.326 e. The lowest BCUT2D eigenvalue weighted by molar-refractivity contribution is -0.146. The summed E-state index contributed by atoms with van der Waals surface area (Å²) >= 11 is 0. The normalized spacial score (nSPS) is 21.2. The summed E-state index contributed by atoms with van der Waals surface area (Å²) in [5.41, 5.74) is -0.559. The molecule has 20 heavy (non-hydrogen) atoms. The van der Waals surface area contributed by atoms with Gasteiger partial charge in [0.2, 0.25) is 11.8 Å². The molecule has 1 saturated heterocycles. The molecule has 2 N–H and O–H groups in total. The highest BCUT2D eigenvalue weighted by Gasteiger charge is 2.35. The minimum absolute atomic E-state index is 0.0481. The molecule has 0 aromatic rings. The van der Waals surface area contributed by atoms with Crippen LogP contribution >= 0.6 is 0 Å². The number of carbonyl (C=O) groups excluding carboxylic acids is 2. The number of hydrogen-bond acceptors (Lipinski definition) is 3. The van der Waals surface area contributed by atoms with Crippen LogP contribution < -0.4 is 5.32 Å². The average Bonchev–Trinajstić information content (AvgIpc) is 2.33.